The molecule has 0 radical (unpaired) electrons. The van der Waals surface area contributed by atoms with Crippen molar-refractivity contribution in [3.63, 3.8) is 0 Å². The molecule has 1 aromatic heterocycles. The van der Waals surface area contributed by atoms with Gasteiger partial charge in [-0.15, -0.1) is 11.3 Å². The minimum Gasteiger partial charge on any atom is -0.355 e. The molecule has 14 heavy (non-hydrogen) atoms. The first-order chi connectivity index (χ1) is 6.77. The van der Waals surface area contributed by atoms with Gasteiger partial charge in [0.05, 0.1) is 5.51 Å². The summed E-state index contributed by atoms with van der Waals surface area (Å²) in [6, 6.07) is 0.287. The fourth-order valence-electron chi connectivity index (χ4n) is 1.08. The fourth-order valence-corrected chi connectivity index (χ4v) is 1.73. The van der Waals surface area contributed by atoms with Crippen molar-refractivity contribution in [3.8, 4) is 0 Å². The van der Waals surface area contributed by atoms with Crippen molar-refractivity contribution >= 4 is 11.3 Å². The summed E-state index contributed by atoms with van der Waals surface area (Å²) < 4.78 is 10.1. The molecule has 0 aliphatic heterocycles. The molecule has 0 amide bonds. The van der Waals surface area contributed by atoms with Crippen molar-refractivity contribution in [1.82, 2.24) is 10.3 Å². The average Bonchev–Trinajstić information content (AvgIpc) is 2.72. The van der Waals surface area contributed by atoms with Gasteiger partial charge in [0.15, 0.2) is 6.29 Å². The lowest BCUT2D eigenvalue weighted by Gasteiger charge is -2.17. The second kappa shape index (κ2) is 6.08. The summed E-state index contributed by atoms with van der Waals surface area (Å²) in [5, 5.41) is 3.31. The van der Waals surface area contributed by atoms with Crippen LogP contribution in [0.1, 0.15) is 17.8 Å². The van der Waals surface area contributed by atoms with Gasteiger partial charge in [0, 0.05) is 37.9 Å². The maximum Gasteiger partial charge on any atom is 0.169 e. The highest BCUT2D eigenvalue weighted by molar-refractivity contribution is 7.09. The van der Waals surface area contributed by atoms with Gasteiger partial charge in [-0.1, -0.05) is 0 Å². The second-order valence-corrected chi connectivity index (χ2v) is 3.85. The molecule has 0 fully saturated rings. The molecule has 1 N–H and O–H groups in total. The van der Waals surface area contributed by atoms with E-state index in [-0.39, 0.29) is 12.3 Å². The number of aromatic nitrogens is 1. The van der Waals surface area contributed by atoms with E-state index in [1.54, 1.807) is 25.6 Å². The van der Waals surface area contributed by atoms with Gasteiger partial charge in [0.1, 0.15) is 0 Å². The van der Waals surface area contributed by atoms with Gasteiger partial charge in [-0.3, -0.25) is 4.98 Å². The van der Waals surface area contributed by atoms with Crippen LogP contribution in [-0.4, -0.2) is 32.0 Å². The van der Waals surface area contributed by atoms with Crippen LogP contribution in [0.2, 0.25) is 0 Å². The molecular weight excluding hydrogens is 200 g/mol. The van der Waals surface area contributed by atoms with Crippen LogP contribution in [0.25, 0.3) is 0 Å². The maximum atomic E-state index is 5.07. The normalized spacial score (nSPS) is 13.4. The highest BCUT2D eigenvalue weighted by Crippen LogP contribution is 2.15. The topological polar surface area (TPSA) is 43.4 Å². The van der Waals surface area contributed by atoms with Crippen LogP contribution in [0, 0.1) is 0 Å². The molecule has 4 nitrogen and oxygen atoms in total. The van der Waals surface area contributed by atoms with Crippen molar-refractivity contribution in [1.29, 1.82) is 0 Å². The van der Waals surface area contributed by atoms with E-state index in [2.05, 4.69) is 17.2 Å². The zero-order chi connectivity index (χ0) is 10.4. The predicted molar refractivity (Wildman–Crippen MR) is 56.3 cm³/mol. The SMILES string of the molecule is COC(CNC(C)c1cncs1)OC. The van der Waals surface area contributed by atoms with Crippen LogP contribution in [-0.2, 0) is 9.47 Å². The fraction of sp³-hybridized carbons (Fsp3) is 0.667. The van der Waals surface area contributed by atoms with Gasteiger partial charge in [0.25, 0.3) is 0 Å². The average molecular weight is 216 g/mol. The Morgan fingerprint density at radius 1 is 1.50 bits per heavy atom. The van der Waals surface area contributed by atoms with Crippen LogP contribution in [0.3, 0.4) is 0 Å². The monoisotopic (exact) mass is 216 g/mol. The number of thiazole rings is 1. The quantitative estimate of drug-likeness (QED) is 0.730. The van der Waals surface area contributed by atoms with E-state index < -0.39 is 0 Å². The summed E-state index contributed by atoms with van der Waals surface area (Å²) in [5.41, 5.74) is 1.83. The Hall–Kier alpha value is -0.490. The van der Waals surface area contributed by atoms with Gasteiger partial charge in [-0.05, 0) is 6.92 Å². The molecule has 1 atom stereocenters. The minimum atomic E-state index is -0.189. The molecule has 1 rings (SSSR count). The third kappa shape index (κ3) is 3.34. The lowest BCUT2D eigenvalue weighted by Crippen LogP contribution is -2.31. The van der Waals surface area contributed by atoms with Crippen molar-refractivity contribution in [3.05, 3.63) is 16.6 Å². The molecule has 0 spiro atoms. The molecule has 1 heterocycles. The van der Waals surface area contributed by atoms with Gasteiger partial charge in [0.2, 0.25) is 0 Å². The zero-order valence-corrected chi connectivity index (χ0v) is 9.50. The van der Waals surface area contributed by atoms with Gasteiger partial charge in [-0.2, -0.15) is 0 Å². The summed E-state index contributed by atoms with van der Waals surface area (Å²) in [5.74, 6) is 0. The molecule has 5 heteroatoms. The first-order valence-electron chi connectivity index (χ1n) is 4.45. The third-order valence-electron chi connectivity index (χ3n) is 1.99. The lowest BCUT2D eigenvalue weighted by molar-refractivity contribution is -0.0997. The largest absolute Gasteiger partial charge is 0.355 e. The zero-order valence-electron chi connectivity index (χ0n) is 8.69. The number of nitrogens with zero attached hydrogens (tertiary/aromatic N) is 1. The summed E-state index contributed by atoms with van der Waals surface area (Å²) in [7, 11) is 3.26. The van der Waals surface area contributed by atoms with E-state index in [1.807, 2.05) is 11.7 Å². The number of rotatable bonds is 6. The summed E-state index contributed by atoms with van der Waals surface area (Å²) >= 11 is 1.64. The molecule has 1 aromatic rings. The molecule has 0 saturated carbocycles. The molecule has 0 aromatic carbocycles. The Bertz CT molecular complexity index is 237. The van der Waals surface area contributed by atoms with E-state index in [9.17, 15) is 0 Å². The highest BCUT2D eigenvalue weighted by atomic mass is 32.1. The number of nitrogens with one attached hydrogen (secondary N) is 1. The Morgan fingerprint density at radius 3 is 2.71 bits per heavy atom. The highest BCUT2D eigenvalue weighted by Gasteiger charge is 2.10. The van der Waals surface area contributed by atoms with E-state index in [0.717, 1.165) is 0 Å². The first kappa shape index (κ1) is 11.6. The van der Waals surface area contributed by atoms with Crippen molar-refractivity contribution in [2.75, 3.05) is 20.8 Å². The van der Waals surface area contributed by atoms with Crippen LogP contribution in [0.15, 0.2) is 11.7 Å². The molecule has 0 saturated heterocycles. The minimum absolute atomic E-state index is 0.189. The van der Waals surface area contributed by atoms with Crippen LogP contribution >= 0.6 is 11.3 Å². The Balaban J connectivity index is 2.31. The smallest absolute Gasteiger partial charge is 0.169 e. The van der Waals surface area contributed by atoms with Crippen LogP contribution < -0.4 is 5.32 Å². The van der Waals surface area contributed by atoms with E-state index >= 15 is 0 Å². The van der Waals surface area contributed by atoms with Gasteiger partial charge in [-0.25, -0.2) is 0 Å². The van der Waals surface area contributed by atoms with E-state index in [4.69, 9.17) is 9.47 Å². The molecule has 0 aliphatic rings. The van der Waals surface area contributed by atoms with Gasteiger partial charge >= 0.3 is 0 Å². The molecular formula is C9H16N2O2S. The standard InChI is InChI=1S/C9H16N2O2S/c1-7(8-4-10-6-14-8)11-5-9(12-2)13-3/h4,6-7,9,11H,5H2,1-3H3. The van der Waals surface area contributed by atoms with Crippen molar-refractivity contribution in [2.24, 2.45) is 0 Å². The second-order valence-electron chi connectivity index (χ2n) is 2.93. The van der Waals surface area contributed by atoms with Crippen LogP contribution in [0.4, 0.5) is 0 Å². The van der Waals surface area contributed by atoms with E-state index in [0.29, 0.717) is 6.54 Å². The van der Waals surface area contributed by atoms with Gasteiger partial charge < -0.3 is 14.8 Å². The summed E-state index contributed by atoms with van der Waals surface area (Å²) in [6.45, 7) is 2.77. The van der Waals surface area contributed by atoms with E-state index in [1.165, 1.54) is 4.88 Å². The molecule has 1 unspecified atom stereocenters. The van der Waals surface area contributed by atoms with Crippen molar-refractivity contribution < 1.29 is 9.47 Å². The Morgan fingerprint density at radius 2 is 2.21 bits per heavy atom. The number of ether oxygens (including phenoxy) is 2. The molecule has 80 valence electrons. The third-order valence-corrected chi connectivity index (χ3v) is 2.95. The Kier molecular flexibility index (Phi) is 5.03. The van der Waals surface area contributed by atoms with Crippen LogP contribution in [0.5, 0.6) is 0 Å². The summed E-state index contributed by atoms with van der Waals surface area (Å²) in [4.78, 5) is 5.25. The number of hydrogen-bond donors (Lipinski definition) is 1. The Labute approximate surface area is 88.3 Å². The number of hydrogen-bond acceptors (Lipinski definition) is 5. The summed E-state index contributed by atoms with van der Waals surface area (Å²) in [6.07, 6.45) is 1.68. The first-order valence-corrected chi connectivity index (χ1v) is 5.33. The molecule has 0 aliphatic carbocycles. The lowest BCUT2D eigenvalue weighted by atomic mass is 10.3. The van der Waals surface area contributed by atoms with Crippen molar-refractivity contribution in [2.45, 2.75) is 19.3 Å². The maximum absolute atomic E-state index is 5.07. The molecule has 0 bridgehead atoms. The predicted octanol–water partition coefficient (Wildman–Crippen LogP) is 1.41. The number of methoxy groups -OCH3 is 2.